The molecule has 18 heterocycles. The average Bonchev–Trinajstić information content (AvgIpc) is 1.62. The first-order valence-electron chi connectivity index (χ1n) is 37.0. The van der Waals surface area contributed by atoms with Crippen LogP contribution in [0.1, 0.15) is 113 Å². The highest BCUT2D eigenvalue weighted by atomic mass is 127. The van der Waals surface area contributed by atoms with Crippen LogP contribution in [-0.4, -0.2) is 244 Å². The van der Waals surface area contributed by atoms with E-state index in [0.29, 0.717) is 108 Å². The van der Waals surface area contributed by atoms with E-state index in [1.807, 2.05) is 27.3 Å². The van der Waals surface area contributed by atoms with Gasteiger partial charge >= 0.3 is 0 Å². The maximum Gasteiger partial charge on any atom is 0.262 e. The van der Waals surface area contributed by atoms with E-state index < -0.39 is 36.9 Å². The Morgan fingerprint density at radius 1 is 0.589 bits per heavy atom. The summed E-state index contributed by atoms with van der Waals surface area (Å²) in [4.78, 5) is 74.9. The highest BCUT2D eigenvalue weighted by Crippen LogP contribution is 2.40. The van der Waals surface area contributed by atoms with Gasteiger partial charge < -0.3 is 76.4 Å². The molecule has 706 valence electrons. The van der Waals surface area contributed by atoms with Crippen molar-refractivity contribution in [3.05, 3.63) is 98.0 Å². The smallest absolute Gasteiger partial charge is 0.262 e. The van der Waals surface area contributed by atoms with Crippen molar-refractivity contribution in [3.63, 3.8) is 0 Å². The maximum atomic E-state index is 11.1. The second-order valence-corrected chi connectivity index (χ2v) is 46.5. The van der Waals surface area contributed by atoms with E-state index in [0.717, 1.165) is 98.5 Å². The molecule has 14 aromatic heterocycles. The van der Waals surface area contributed by atoms with Gasteiger partial charge in [0, 0.05) is 48.4 Å². The number of hydrogen-bond acceptors (Lipinski definition) is 36. The Kier molecular flexibility index (Phi) is 55.0. The SMILES string of the molecule is C.CCI.CCSc1ncnc2c1c(I)nn2[C@H]1CC(C)[C@@H](CC)O1.CCSc1ncnc2n[nH]c(I)c12.CC[C@H]1O[C@H](Cl)CC1C.COc1ncnc2c1c(I)nn2[C@H]1CC(O)[C@@H](CO)O1.ClI.N.Nc1ncnc2c1c(I)nn2[C@H]1CC(O)[C@@H](CO)O1.O.O=c1[nH]cnc2[nH]ncc12.O=c1[nH]cnc2n[nH]c(I)c12.S=PP=S=S=S=S.S=c1nc[nH]c2n[nH]c(I)c12. The van der Waals surface area contributed by atoms with Gasteiger partial charge in [0.1, 0.15) is 102 Å². The fraction of sp³-hybridized carbons (Fsp3) is 0.478. The summed E-state index contributed by atoms with van der Waals surface area (Å²) >= 11 is 40.1. The van der Waals surface area contributed by atoms with Crippen molar-refractivity contribution >= 4 is 383 Å². The van der Waals surface area contributed by atoms with Gasteiger partial charge in [0.25, 0.3) is 11.1 Å². The Balaban J connectivity index is 0.000000259. The molecule has 4 fully saturated rings. The number of aliphatic hydroxyl groups excluding tert-OH is 4. The van der Waals surface area contributed by atoms with Gasteiger partial charge in [-0.2, -0.15) is 35.7 Å². The molecule has 0 aromatic carbocycles. The van der Waals surface area contributed by atoms with E-state index in [2.05, 4.69) is 342 Å². The summed E-state index contributed by atoms with van der Waals surface area (Å²) in [5.74, 6) is 4.01. The first-order chi connectivity index (χ1) is 60.8. The largest absolute Gasteiger partial charge is 0.480 e. The number of nitrogen functional groups attached to an aromatic ring is 1. The summed E-state index contributed by atoms with van der Waals surface area (Å²) in [7, 11) is 13.0. The van der Waals surface area contributed by atoms with Crippen LogP contribution in [0.2, 0.25) is 0 Å². The van der Waals surface area contributed by atoms with E-state index in [-0.39, 0.29) is 55.2 Å². The van der Waals surface area contributed by atoms with E-state index in [1.54, 1.807) is 91.7 Å². The predicted octanol–water partition coefficient (Wildman–Crippen LogP) is 14.3. The predicted molar refractivity (Wildman–Crippen MR) is 586 cm³/mol. The molecule has 4 saturated heterocycles. The topological polar surface area (TPSA) is 611 Å². The molecule has 18 rings (SSSR count). The van der Waals surface area contributed by atoms with E-state index in [1.165, 1.54) is 59.0 Å². The van der Waals surface area contributed by atoms with Gasteiger partial charge in [0.15, 0.2) is 58.2 Å². The monoisotopic (exact) mass is 2910 g/mol. The second kappa shape index (κ2) is 60.5. The zero-order chi connectivity index (χ0) is 91.8. The fourth-order valence-corrected chi connectivity index (χ4v) is 28.5. The Bertz CT molecular complexity index is 6120. The number of hydrogen-bond donors (Lipinski definition) is 13. The van der Waals surface area contributed by atoms with Crippen LogP contribution in [0, 0.1) is 38.7 Å². The number of rotatable bonds is 13. The first-order valence-corrected chi connectivity index (χ1v) is 59.1. The summed E-state index contributed by atoms with van der Waals surface area (Å²) < 4.78 is 39.8. The van der Waals surface area contributed by atoms with Gasteiger partial charge in [-0.3, -0.25) is 30.0 Å². The standard InChI is InChI=1S/C14H19IN4OS.C11H13IN4O4.C10H12IN5O3.C7H13ClO.C7H7IN4S.C5H3IN4O.C5H3IN4S.C5H4N4O.C2H5I.CH4.ClI.H3N.H2O.P2S5/c1-4-9-8(3)6-10(20-9)19-13-11(12(15)18-19)14(21-5-2)17-7-16-13;1-19-11-8-9(12)15-16(10(8)13-4-14-11)7-2-5(18)6(3-17)20-7;11-8-7-9(12)13-3-14-10(7)16(15-8)6-1-4(18)5(2-17)19-6;1-3-6-5(2)4-7(8)9-6;1-2-13-7-4-5(8)11-12-6(4)9-3-10-7;2*6-3-2-4(10-9-3)7-1-8-5(2)11;10-5-3-1-8-9-4(3)6-2-7-5;1-2-3;;1-2;;;3-1-2-5-7-6-4/h7-10H,4-6H2,1-3H3;4-7,17-18H,2-3H2,1H3;3-6,17-18H,1-2H2,(H2,12,13,14);5-7H,3-4H2,1-2H3;3H,2H2,1H3,(H,9,10,11,12);2*1H,(H2,7,8,9,10,11);1-2H,(H2,6,7,8,9,10);2H2,1H3;1H4;;1H3;1H2;/t8?,9-,10-;5?,6-,7-;4?,5-,6-;5?,6-,7+;;;;;;;;;;/m1111........../s1. The number of thioether (sulfide) groups is 2. The van der Waals surface area contributed by atoms with Crippen molar-refractivity contribution in [2.75, 3.05) is 42.0 Å². The van der Waals surface area contributed by atoms with Gasteiger partial charge in [-0.05, 0) is 248 Å². The molecule has 12 atom stereocenters. The molecule has 4 aliphatic heterocycles. The van der Waals surface area contributed by atoms with Crippen LogP contribution in [0.4, 0.5) is 5.82 Å². The molecule has 0 radical (unpaired) electrons. The number of methoxy groups -OCH3 is 1. The fourth-order valence-electron chi connectivity index (χ4n) is 12.2. The van der Waals surface area contributed by atoms with Gasteiger partial charge in [-0.1, -0.05) is 102 Å². The quantitative estimate of drug-likeness (QED) is 0.0127. The molecule has 0 spiro atoms. The van der Waals surface area contributed by atoms with Gasteiger partial charge in [0.2, 0.25) is 5.88 Å². The molecule has 14 aromatic rings. The number of ether oxygens (including phenoxy) is 5. The van der Waals surface area contributed by atoms with Crippen LogP contribution < -0.4 is 27.7 Å². The van der Waals surface area contributed by atoms with Crippen molar-refractivity contribution in [2.24, 2.45) is 11.8 Å². The van der Waals surface area contributed by atoms with E-state index in [9.17, 15) is 19.8 Å². The number of H-pyrrole nitrogens is 7. The number of alkyl halides is 2. The molecular weight excluding hydrogens is 2820 g/mol. The Morgan fingerprint density at radius 3 is 1.56 bits per heavy atom. The summed E-state index contributed by atoms with van der Waals surface area (Å²) in [6.45, 7) is 14.6. The van der Waals surface area contributed by atoms with Crippen molar-refractivity contribution in [3.8, 4) is 5.88 Å². The van der Waals surface area contributed by atoms with Crippen LogP contribution in [-0.2, 0) is 69.2 Å². The number of aliphatic hydroxyl groups is 4. The molecule has 0 saturated carbocycles. The summed E-state index contributed by atoms with van der Waals surface area (Å²) in [6.07, 6.45) is 13.6. The zero-order valence-electron chi connectivity index (χ0n) is 68.1. The average molecular weight is 2910 g/mol. The molecule has 129 heavy (non-hydrogen) atoms. The minimum absolute atomic E-state index is 0. The lowest BCUT2D eigenvalue weighted by molar-refractivity contribution is -0.0471. The number of nitrogens with two attached hydrogens (primary N) is 1. The first kappa shape index (κ1) is 117. The van der Waals surface area contributed by atoms with Gasteiger partial charge in [0.05, 0.1) is 91.5 Å². The lowest BCUT2D eigenvalue weighted by Crippen LogP contribution is -2.24. The summed E-state index contributed by atoms with van der Waals surface area (Å²) in [5, 5.41) is 85.1. The molecular formula is C67H88Cl2I8N30O12P2S8. The molecule has 0 amide bonds. The minimum Gasteiger partial charge on any atom is -0.480 e. The molecule has 62 heteroatoms. The van der Waals surface area contributed by atoms with Crippen LogP contribution >= 0.6 is 250 Å². The van der Waals surface area contributed by atoms with Crippen LogP contribution in [0.15, 0.2) is 70.1 Å². The number of fused-ring (bicyclic) bond motifs is 7. The lowest BCUT2D eigenvalue weighted by atomic mass is 10.0. The normalized spacial score (nSPS) is 19.7. The molecule has 4 aliphatic rings. The molecule has 42 nitrogen and oxygen atoms in total. The van der Waals surface area contributed by atoms with Gasteiger partial charge in [-0.25, -0.2) is 68.9 Å². The number of aromatic nitrogens is 28. The third-order valence-electron chi connectivity index (χ3n) is 17.8. The third kappa shape index (κ3) is 32.1. The van der Waals surface area contributed by atoms with Crippen LogP contribution in [0.5, 0.6) is 5.88 Å². The lowest BCUT2D eigenvalue weighted by Gasteiger charge is -2.13. The molecule has 0 bridgehead atoms. The molecule has 4 unspecified atom stereocenters. The Labute approximate surface area is 889 Å². The number of nitrogens with one attached hydrogen (secondary N) is 7. The molecule has 0 aliphatic carbocycles. The summed E-state index contributed by atoms with van der Waals surface area (Å²) in [6, 6.07) is 0. The minimum atomic E-state index is -0.717. The number of halogens is 10. The maximum absolute atomic E-state index is 11.1. The van der Waals surface area contributed by atoms with Crippen molar-refractivity contribution in [1.82, 2.24) is 146 Å². The number of anilines is 1. The van der Waals surface area contributed by atoms with Crippen molar-refractivity contribution in [2.45, 2.75) is 165 Å². The van der Waals surface area contributed by atoms with E-state index >= 15 is 0 Å². The highest BCUT2D eigenvalue weighted by molar-refractivity contribution is 14.1. The second-order valence-electron chi connectivity index (χ2n) is 25.5. The van der Waals surface area contributed by atoms with Crippen LogP contribution in [0.3, 0.4) is 0 Å². The van der Waals surface area contributed by atoms with Gasteiger partial charge in [-0.15, -0.1) is 23.5 Å². The Hall–Kier alpha value is -2.31. The third-order valence-corrected chi connectivity index (χ3v) is 34.7. The molecule has 18 N–H and O–H groups in total. The summed E-state index contributed by atoms with van der Waals surface area (Å²) in [5.41, 5.74) is 9.97. The highest BCUT2D eigenvalue weighted by Gasteiger charge is 2.39. The number of nitrogens with zero attached hydrogens (tertiary/aromatic N) is 21. The van der Waals surface area contributed by atoms with Crippen molar-refractivity contribution < 1.29 is 49.6 Å². The Morgan fingerprint density at radius 2 is 1.05 bits per heavy atom. The number of aromatic amines is 7. The van der Waals surface area contributed by atoms with Crippen LogP contribution in [0.25, 0.3) is 77.2 Å². The van der Waals surface area contributed by atoms with Crippen molar-refractivity contribution in [1.29, 1.82) is 0 Å². The van der Waals surface area contributed by atoms with E-state index in [4.69, 9.17) is 63.4 Å². The zero-order valence-corrected chi connectivity index (χ0v) is 95.2.